The highest BCUT2D eigenvalue weighted by Crippen LogP contribution is 2.20. The molecule has 2 rings (SSSR count). The molecule has 0 N–H and O–H groups in total. The van der Waals surface area contributed by atoms with Crippen LogP contribution in [-0.4, -0.2) is 56.1 Å². The van der Waals surface area contributed by atoms with Gasteiger partial charge in [0.25, 0.3) is 0 Å². The van der Waals surface area contributed by atoms with Crippen molar-refractivity contribution >= 4 is 5.91 Å². The van der Waals surface area contributed by atoms with Gasteiger partial charge in [-0.2, -0.15) is 0 Å². The Morgan fingerprint density at radius 3 is 2.65 bits per heavy atom. The fourth-order valence-electron chi connectivity index (χ4n) is 2.58. The van der Waals surface area contributed by atoms with Crippen LogP contribution < -0.4 is 0 Å². The number of hydrogen-bond acceptors (Lipinski definition) is 4. The Morgan fingerprint density at radius 2 is 2.00 bits per heavy atom. The second-order valence-electron chi connectivity index (χ2n) is 5.81. The molecule has 2 fully saturated rings. The summed E-state index contributed by atoms with van der Waals surface area (Å²) in [6, 6.07) is 0. The van der Waals surface area contributed by atoms with Crippen molar-refractivity contribution < 1.29 is 19.0 Å². The van der Waals surface area contributed by atoms with Crippen LogP contribution in [0.2, 0.25) is 0 Å². The third-order valence-electron chi connectivity index (χ3n) is 4.17. The predicted octanol–water partition coefficient (Wildman–Crippen LogP) is 1.80. The number of rotatable bonds is 5. The minimum absolute atomic E-state index is 0.0445. The third-order valence-corrected chi connectivity index (χ3v) is 4.17. The zero-order valence-corrected chi connectivity index (χ0v) is 12.7. The van der Waals surface area contributed by atoms with Gasteiger partial charge in [-0.25, -0.2) is 0 Å². The van der Waals surface area contributed by atoms with Gasteiger partial charge in [0, 0.05) is 26.1 Å². The summed E-state index contributed by atoms with van der Waals surface area (Å²) in [6.07, 6.45) is 3.75. The van der Waals surface area contributed by atoms with Gasteiger partial charge in [0.2, 0.25) is 5.91 Å². The number of nitrogens with zero attached hydrogens (tertiary/aromatic N) is 1. The van der Waals surface area contributed by atoms with Crippen molar-refractivity contribution in [2.75, 3.05) is 32.9 Å². The maximum absolute atomic E-state index is 12.2. The molecule has 3 atom stereocenters. The van der Waals surface area contributed by atoms with E-state index in [1.807, 2.05) is 11.8 Å². The van der Waals surface area contributed by atoms with Gasteiger partial charge in [-0.3, -0.25) is 4.79 Å². The summed E-state index contributed by atoms with van der Waals surface area (Å²) in [7, 11) is 0. The summed E-state index contributed by atoms with van der Waals surface area (Å²) in [6.45, 7) is 7.64. The summed E-state index contributed by atoms with van der Waals surface area (Å²) < 4.78 is 16.8. The molecular weight excluding hydrogens is 258 g/mol. The molecule has 0 aliphatic carbocycles. The van der Waals surface area contributed by atoms with E-state index in [9.17, 15) is 4.79 Å². The minimum atomic E-state index is -0.0836. The van der Waals surface area contributed by atoms with Gasteiger partial charge < -0.3 is 19.1 Å². The first-order chi connectivity index (χ1) is 9.66. The summed E-state index contributed by atoms with van der Waals surface area (Å²) in [4.78, 5) is 14.1. The van der Waals surface area contributed by atoms with E-state index in [0.29, 0.717) is 32.7 Å². The van der Waals surface area contributed by atoms with Crippen molar-refractivity contribution in [2.45, 2.75) is 51.9 Å². The smallest absolute Gasteiger partial charge is 0.223 e. The van der Waals surface area contributed by atoms with Crippen LogP contribution in [0.15, 0.2) is 0 Å². The van der Waals surface area contributed by atoms with Crippen LogP contribution >= 0.6 is 0 Å². The van der Waals surface area contributed by atoms with Crippen LogP contribution in [0.1, 0.15) is 39.5 Å². The lowest BCUT2D eigenvalue weighted by Gasteiger charge is -2.31. The topological polar surface area (TPSA) is 48.0 Å². The normalized spacial score (nSPS) is 27.1. The fourth-order valence-corrected chi connectivity index (χ4v) is 2.58. The number of carbonyl (C=O) groups excluding carboxylic acids is 1. The third kappa shape index (κ3) is 4.72. The SMILES string of the molecule is C[C@H](OC1CCCCO1)[C@@H](C)CC(=O)N1CCOCC1. The van der Waals surface area contributed by atoms with E-state index in [4.69, 9.17) is 14.2 Å². The van der Waals surface area contributed by atoms with Gasteiger partial charge in [-0.05, 0) is 32.1 Å². The van der Waals surface area contributed by atoms with Crippen LogP contribution in [0.25, 0.3) is 0 Å². The van der Waals surface area contributed by atoms with E-state index in [1.54, 1.807) is 0 Å². The molecule has 2 heterocycles. The molecule has 20 heavy (non-hydrogen) atoms. The molecule has 2 saturated heterocycles. The molecule has 5 heteroatoms. The molecule has 0 radical (unpaired) electrons. The lowest BCUT2D eigenvalue weighted by molar-refractivity contribution is -0.194. The second kappa shape index (κ2) is 7.96. The van der Waals surface area contributed by atoms with Gasteiger partial charge in [0.05, 0.1) is 19.3 Å². The first kappa shape index (κ1) is 15.7. The highest BCUT2D eigenvalue weighted by Gasteiger charge is 2.25. The van der Waals surface area contributed by atoms with E-state index in [-0.39, 0.29) is 24.2 Å². The van der Waals surface area contributed by atoms with Crippen molar-refractivity contribution in [1.82, 2.24) is 4.90 Å². The Bertz CT molecular complexity index is 298. The number of morpholine rings is 1. The molecule has 2 aliphatic heterocycles. The molecule has 0 bridgehead atoms. The average molecular weight is 285 g/mol. The maximum atomic E-state index is 12.2. The quantitative estimate of drug-likeness (QED) is 0.773. The predicted molar refractivity (Wildman–Crippen MR) is 75.3 cm³/mol. The van der Waals surface area contributed by atoms with Gasteiger partial charge in [-0.1, -0.05) is 6.92 Å². The first-order valence-corrected chi connectivity index (χ1v) is 7.79. The molecule has 1 amide bonds. The van der Waals surface area contributed by atoms with Crippen molar-refractivity contribution in [3.8, 4) is 0 Å². The van der Waals surface area contributed by atoms with Crippen LogP contribution in [0.3, 0.4) is 0 Å². The van der Waals surface area contributed by atoms with Gasteiger partial charge in [-0.15, -0.1) is 0 Å². The Hall–Kier alpha value is -0.650. The Kier molecular flexibility index (Phi) is 6.26. The van der Waals surface area contributed by atoms with E-state index >= 15 is 0 Å². The van der Waals surface area contributed by atoms with Crippen LogP contribution in [0.5, 0.6) is 0 Å². The van der Waals surface area contributed by atoms with Crippen molar-refractivity contribution in [1.29, 1.82) is 0 Å². The number of ether oxygens (including phenoxy) is 3. The standard InChI is InChI=1S/C15H27NO4/c1-12(11-14(17)16-6-9-18-10-7-16)13(2)20-15-5-3-4-8-19-15/h12-13,15H,3-11H2,1-2H3/t12-,13-,15?/m0/s1. The molecule has 0 aromatic heterocycles. The molecular formula is C15H27NO4. The molecule has 0 aromatic rings. The summed E-state index contributed by atoms with van der Waals surface area (Å²) >= 11 is 0. The lowest BCUT2D eigenvalue weighted by Crippen LogP contribution is -2.42. The molecule has 2 aliphatic rings. The average Bonchev–Trinajstić information content (AvgIpc) is 2.49. The van der Waals surface area contributed by atoms with Crippen LogP contribution in [0, 0.1) is 5.92 Å². The van der Waals surface area contributed by atoms with Crippen LogP contribution in [-0.2, 0) is 19.0 Å². The van der Waals surface area contributed by atoms with E-state index in [0.717, 1.165) is 19.4 Å². The lowest BCUT2D eigenvalue weighted by atomic mass is 10.0. The van der Waals surface area contributed by atoms with Gasteiger partial charge in [0.15, 0.2) is 6.29 Å². The molecule has 0 saturated carbocycles. The Balaban J connectivity index is 1.71. The Morgan fingerprint density at radius 1 is 1.25 bits per heavy atom. The Labute approximate surface area is 121 Å². The fraction of sp³-hybridized carbons (Fsp3) is 0.933. The number of hydrogen-bond donors (Lipinski definition) is 0. The van der Waals surface area contributed by atoms with E-state index in [1.165, 1.54) is 6.42 Å². The maximum Gasteiger partial charge on any atom is 0.223 e. The molecule has 116 valence electrons. The number of carbonyl (C=O) groups is 1. The number of amides is 1. The summed E-state index contributed by atoms with van der Waals surface area (Å²) in [5.41, 5.74) is 0. The van der Waals surface area contributed by atoms with Gasteiger partial charge in [0.1, 0.15) is 0 Å². The largest absolute Gasteiger partial charge is 0.378 e. The first-order valence-electron chi connectivity index (χ1n) is 7.79. The van der Waals surface area contributed by atoms with Crippen LogP contribution in [0.4, 0.5) is 0 Å². The second-order valence-corrected chi connectivity index (χ2v) is 5.81. The van der Waals surface area contributed by atoms with Crippen molar-refractivity contribution in [2.24, 2.45) is 5.92 Å². The zero-order valence-electron chi connectivity index (χ0n) is 12.7. The van der Waals surface area contributed by atoms with Crippen molar-refractivity contribution in [3.05, 3.63) is 0 Å². The van der Waals surface area contributed by atoms with Crippen molar-refractivity contribution in [3.63, 3.8) is 0 Å². The highest BCUT2D eigenvalue weighted by molar-refractivity contribution is 5.76. The molecule has 5 nitrogen and oxygen atoms in total. The molecule has 0 spiro atoms. The molecule has 0 aromatic carbocycles. The summed E-state index contributed by atoms with van der Waals surface area (Å²) in [5.74, 6) is 0.414. The highest BCUT2D eigenvalue weighted by atomic mass is 16.7. The van der Waals surface area contributed by atoms with Gasteiger partial charge >= 0.3 is 0 Å². The van der Waals surface area contributed by atoms with E-state index in [2.05, 4.69) is 6.92 Å². The van der Waals surface area contributed by atoms with E-state index < -0.39 is 0 Å². The monoisotopic (exact) mass is 285 g/mol. The molecule has 1 unspecified atom stereocenters. The minimum Gasteiger partial charge on any atom is -0.378 e. The zero-order chi connectivity index (χ0) is 14.4. The summed E-state index contributed by atoms with van der Waals surface area (Å²) in [5, 5.41) is 0.